The second-order valence-corrected chi connectivity index (χ2v) is 3.90. The van der Waals surface area contributed by atoms with E-state index in [0.717, 1.165) is 5.69 Å². The van der Waals surface area contributed by atoms with Crippen LogP contribution in [0.3, 0.4) is 0 Å². The van der Waals surface area contributed by atoms with Gasteiger partial charge in [-0.15, -0.1) is 0 Å². The quantitative estimate of drug-likeness (QED) is 0.644. The van der Waals surface area contributed by atoms with Gasteiger partial charge in [-0.1, -0.05) is 18.2 Å². The summed E-state index contributed by atoms with van der Waals surface area (Å²) in [7, 11) is 0. The highest BCUT2D eigenvalue weighted by atomic mass is 16.1. The summed E-state index contributed by atoms with van der Waals surface area (Å²) < 4.78 is 1.55. The summed E-state index contributed by atoms with van der Waals surface area (Å²) in [5, 5.41) is 0. The summed E-state index contributed by atoms with van der Waals surface area (Å²) in [4.78, 5) is 24.5. The SMILES string of the molecule is Cc1nc2cncnc2n(-c2ccccc2)c1=O. The highest BCUT2D eigenvalue weighted by molar-refractivity contribution is 5.71. The van der Waals surface area contributed by atoms with Gasteiger partial charge in [-0.3, -0.25) is 9.36 Å². The lowest BCUT2D eigenvalue weighted by molar-refractivity contribution is 0.949. The van der Waals surface area contributed by atoms with Gasteiger partial charge in [0.05, 0.1) is 11.9 Å². The molecule has 0 radical (unpaired) electrons. The number of aryl methyl sites for hydroxylation is 1. The highest BCUT2D eigenvalue weighted by Crippen LogP contribution is 2.11. The third-order valence-corrected chi connectivity index (χ3v) is 2.70. The van der Waals surface area contributed by atoms with Crippen molar-refractivity contribution in [1.82, 2.24) is 19.5 Å². The molecule has 0 fully saturated rings. The maximum absolute atomic E-state index is 12.2. The van der Waals surface area contributed by atoms with Crippen molar-refractivity contribution in [3.63, 3.8) is 0 Å². The fourth-order valence-corrected chi connectivity index (χ4v) is 1.87. The van der Waals surface area contributed by atoms with E-state index in [4.69, 9.17) is 0 Å². The molecule has 0 saturated heterocycles. The molecule has 0 aliphatic heterocycles. The second kappa shape index (κ2) is 4.03. The fraction of sp³-hybridized carbons (Fsp3) is 0.0769. The summed E-state index contributed by atoms with van der Waals surface area (Å²) in [6, 6.07) is 9.39. The molecule has 0 N–H and O–H groups in total. The van der Waals surface area contributed by atoms with Gasteiger partial charge in [0.25, 0.3) is 5.56 Å². The summed E-state index contributed by atoms with van der Waals surface area (Å²) in [6.45, 7) is 1.69. The van der Waals surface area contributed by atoms with Crippen molar-refractivity contribution in [2.24, 2.45) is 0 Å². The van der Waals surface area contributed by atoms with Gasteiger partial charge in [-0.05, 0) is 19.1 Å². The number of nitrogens with zero attached hydrogens (tertiary/aromatic N) is 4. The minimum absolute atomic E-state index is 0.160. The molecule has 0 amide bonds. The lowest BCUT2D eigenvalue weighted by Crippen LogP contribution is -2.23. The van der Waals surface area contributed by atoms with Crippen molar-refractivity contribution in [2.75, 3.05) is 0 Å². The molecule has 1 aromatic carbocycles. The van der Waals surface area contributed by atoms with Crippen molar-refractivity contribution < 1.29 is 0 Å². The smallest absolute Gasteiger partial charge is 0.267 e. The first kappa shape index (κ1) is 10.6. The zero-order valence-corrected chi connectivity index (χ0v) is 9.74. The van der Waals surface area contributed by atoms with E-state index >= 15 is 0 Å². The molecular weight excluding hydrogens is 228 g/mol. The lowest BCUT2D eigenvalue weighted by atomic mass is 10.3. The highest BCUT2D eigenvalue weighted by Gasteiger charge is 2.10. The van der Waals surface area contributed by atoms with Crippen LogP contribution in [-0.4, -0.2) is 19.5 Å². The van der Waals surface area contributed by atoms with Crippen molar-refractivity contribution in [3.8, 4) is 5.69 Å². The number of hydrogen-bond donors (Lipinski definition) is 0. The van der Waals surface area contributed by atoms with Crippen molar-refractivity contribution in [3.05, 3.63) is 58.9 Å². The van der Waals surface area contributed by atoms with Crippen molar-refractivity contribution in [2.45, 2.75) is 6.92 Å². The molecule has 0 unspecified atom stereocenters. The maximum atomic E-state index is 12.2. The van der Waals surface area contributed by atoms with E-state index in [1.807, 2.05) is 30.3 Å². The van der Waals surface area contributed by atoms with E-state index in [-0.39, 0.29) is 5.56 Å². The minimum atomic E-state index is -0.160. The monoisotopic (exact) mass is 238 g/mol. The zero-order valence-electron chi connectivity index (χ0n) is 9.74. The lowest BCUT2D eigenvalue weighted by Gasteiger charge is -2.09. The first-order valence-electron chi connectivity index (χ1n) is 5.52. The van der Waals surface area contributed by atoms with Gasteiger partial charge in [0.2, 0.25) is 0 Å². The molecular formula is C13H10N4O. The molecule has 3 aromatic rings. The zero-order chi connectivity index (χ0) is 12.5. The molecule has 0 atom stereocenters. The Morgan fingerprint density at radius 1 is 1.17 bits per heavy atom. The molecule has 0 bridgehead atoms. The van der Waals surface area contributed by atoms with Gasteiger partial charge < -0.3 is 0 Å². The van der Waals surface area contributed by atoms with Gasteiger partial charge in [0, 0.05) is 0 Å². The number of hydrogen-bond acceptors (Lipinski definition) is 4. The van der Waals surface area contributed by atoms with Crippen LogP contribution in [0.4, 0.5) is 0 Å². The Morgan fingerprint density at radius 3 is 2.72 bits per heavy atom. The number of aromatic nitrogens is 4. The Morgan fingerprint density at radius 2 is 1.94 bits per heavy atom. The van der Waals surface area contributed by atoms with Gasteiger partial charge in [-0.2, -0.15) is 0 Å². The van der Waals surface area contributed by atoms with Crippen molar-refractivity contribution in [1.29, 1.82) is 0 Å². The summed E-state index contributed by atoms with van der Waals surface area (Å²) >= 11 is 0. The topological polar surface area (TPSA) is 60.7 Å². The van der Waals surface area contributed by atoms with Crippen LogP contribution in [-0.2, 0) is 0 Å². The number of fused-ring (bicyclic) bond motifs is 1. The molecule has 18 heavy (non-hydrogen) atoms. The van der Waals surface area contributed by atoms with E-state index in [2.05, 4.69) is 15.0 Å². The van der Waals surface area contributed by atoms with Gasteiger partial charge >= 0.3 is 0 Å². The normalized spacial score (nSPS) is 10.7. The summed E-state index contributed by atoms with van der Waals surface area (Å²) in [5.74, 6) is 0. The van der Waals surface area contributed by atoms with Crippen LogP contribution >= 0.6 is 0 Å². The van der Waals surface area contributed by atoms with E-state index in [9.17, 15) is 4.79 Å². The second-order valence-electron chi connectivity index (χ2n) is 3.90. The van der Waals surface area contributed by atoms with E-state index in [1.54, 1.807) is 17.7 Å². The Labute approximate surface area is 103 Å². The third-order valence-electron chi connectivity index (χ3n) is 2.70. The minimum Gasteiger partial charge on any atom is -0.267 e. The van der Waals surface area contributed by atoms with Crippen molar-refractivity contribution >= 4 is 11.2 Å². The molecule has 0 saturated carbocycles. The summed E-state index contributed by atoms with van der Waals surface area (Å²) in [5.41, 5.74) is 2.18. The first-order chi connectivity index (χ1) is 8.77. The first-order valence-corrected chi connectivity index (χ1v) is 5.52. The van der Waals surface area contributed by atoms with Crippen LogP contribution in [0.1, 0.15) is 5.69 Å². The number of rotatable bonds is 1. The third kappa shape index (κ3) is 1.57. The van der Waals surface area contributed by atoms with Crippen LogP contribution in [0.25, 0.3) is 16.9 Å². The number of benzene rings is 1. The van der Waals surface area contributed by atoms with Crippen LogP contribution in [0.15, 0.2) is 47.7 Å². The molecule has 3 rings (SSSR count). The molecule has 0 aliphatic carbocycles. The van der Waals surface area contributed by atoms with E-state index in [1.165, 1.54) is 6.33 Å². The molecule has 0 aliphatic rings. The van der Waals surface area contributed by atoms with E-state index in [0.29, 0.717) is 16.9 Å². The Bertz CT molecular complexity index is 765. The average Bonchev–Trinajstić information content (AvgIpc) is 2.41. The standard InChI is InChI=1S/C13H10N4O/c1-9-13(18)17(10-5-3-2-4-6-10)12-11(16-9)7-14-8-15-12/h2-8H,1H3. The van der Waals surface area contributed by atoms with Crippen LogP contribution in [0.5, 0.6) is 0 Å². The van der Waals surface area contributed by atoms with Crippen LogP contribution in [0, 0.1) is 6.92 Å². The van der Waals surface area contributed by atoms with Crippen LogP contribution in [0.2, 0.25) is 0 Å². The largest absolute Gasteiger partial charge is 0.278 e. The molecule has 0 spiro atoms. The summed E-state index contributed by atoms with van der Waals surface area (Å²) in [6.07, 6.45) is 3.02. The molecule has 2 heterocycles. The van der Waals surface area contributed by atoms with E-state index < -0.39 is 0 Å². The predicted octanol–water partition coefficient (Wildman–Crippen LogP) is 1.48. The molecule has 5 heteroatoms. The molecule has 88 valence electrons. The fourth-order valence-electron chi connectivity index (χ4n) is 1.87. The maximum Gasteiger partial charge on any atom is 0.278 e. The Kier molecular flexibility index (Phi) is 2.37. The Balaban J connectivity index is 2.47. The predicted molar refractivity (Wildman–Crippen MR) is 67.7 cm³/mol. The van der Waals surface area contributed by atoms with Gasteiger partial charge in [-0.25, -0.2) is 15.0 Å². The molecule has 2 aromatic heterocycles. The Hall–Kier alpha value is -2.56. The molecule has 5 nitrogen and oxygen atoms in total. The van der Waals surface area contributed by atoms with Gasteiger partial charge in [0.15, 0.2) is 5.65 Å². The van der Waals surface area contributed by atoms with Crippen LogP contribution < -0.4 is 5.56 Å². The van der Waals surface area contributed by atoms with Gasteiger partial charge in [0.1, 0.15) is 17.5 Å². The average molecular weight is 238 g/mol. The number of para-hydroxylation sites is 1.